The van der Waals surface area contributed by atoms with Gasteiger partial charge in [-0.1, -0.05) is 85.3 Å². The Morgan fingerprint density at radius 1 is 0.870 bits per heavy atom. The van der Waals surface area contributed by atoms with Crippen molar-refractivity contribution in [2.45, 2.75) is 184 Å². The third kappa shape index (κ3) is 9.71. The summed E-state index contributed by atoms with van der Waals surface area (Å²) in [5.74, 6) is 0.310. The van der Waals surface area contributed by atoms with Crippen molar-refractivity contribution >= 4 is 17.7 Å². The van der Waals surface area contributed by atoms with Crippen LogP contribution in [0.3, 0.4) is 0 Å². The molecule has 0 saturated carbocycles. The largest absolute Gasteiger partial charge is 0.390 e. The van der Waals surface area contributed by atoms with Crippen molar-refractivity contribution in [2.24, 2.45) is 5.92 Å². The van der Waals surface area contributed by atoms with Gasteiger partial charge < -0.3 is 33.9 Å². The van der Waals surface area contributed by atoms with Crippen molar-refractivity contribution < 1.29 is 33.9 Å². The van der Waals surface area contributed by atoms with Gasteiger partial charge in [0.2, 0.25) is 0 Å². The van der Waals surface area contributed by atoms with Gasteiger partial charge in [0.25, 0.3) is 0 Å². The van der Waals surface area contributed by atoms with E-state index in [1.807, 2.05) is 37.3 Å². The van der Waals surface area contributed by atoms with Crippen LogP contribution in [0.2, 0.25) is 5.02 Å². The first-order chi connectivity index (χ1) is 25.7. The van der Waals surface area contributed by atoms with Crippen LogP contribution in [0.4, 0.5) is 0 Å². The quantitative estimate of drug-likeness (QED) is 0.230. The van der Waals surface area contributed by atoms with E-state index in [0.717, 1.165) is 62.0 Å². The number of hydrogen-bond acceptors (Lipinski definition) is 7. The number of halogens is 1. The predicted molar refractivity (Wildman–Crippen MR) is 216 cm³/mol. The van der Waals surface area contributed by atoms with E-state index in [0.29, 0.717) is 25.2 Å². The smallest absolute Gasteiger partial charge is 0.111 e. The van der Waals surface area contributed by atoms with Gasteiger partial charge in [-0.3, -0.25) is 0 Å². The highest BCUT2D eigenvalue weighted by atomic mass is 35.5. The second-order valence-corrected chi connectivity index (χ2v) is 17.9. The Bertz CT molecular complexity index is 1550. The molecule has 13 unspecified atom stereocenters. The molecule has 5 heterocycles. The van der Waals surface area contributed by atoms with Gasteiger partial charge in [0, 0.05) is 17.9 Å². The fourth-order valence-electron chi connectivity index (χ4n) is 9.41. The Balaban J connectivity index is 1.07. The summed E-state index contributed by atoms with van der Waals surface area (Å²) in [7, 11) is 0. The molecule has 5 fully saturated rings. The first-order valence-electron chi connectivity index (χ1n) is 20.5. The lowest BCUT2D eigenvalue weighted by Gasteiger charge is -2.49. The fourth-order valence-corrected chi connectivity index (χ4v) is 9.53. The predicted octanol–water partition coefficient (Wildman–Crippen LogP) is 9.64. The molecule has 8 heteroatoms. The molecule has 0 amide bonds. The molecule has 2 N–H and O–H groups in total. The van der Waals surface area contributed by atoms with Crippen LogP contribution in [0.1, 0.15) is 118 Å². The molecule has 1 aromatic carbocycles. The molecule has 5 aliphatic heterocycles. The highest BCUT2D eigenvalue weighted by Crippen LogP contribution is 2.49. The van der Waals surface area contributed by atoms with Crippen LogP contribution in [0.5, 0.6) is 0 Å². The lowest BCUT2D eigenvalue weighted by atomic mass is 9.79. The summed E-state index contributed by atoms with van der Waals surface area (Å²) in [6, 6.07) is 7.83. The third-order valence-electron chi connectivity index (χ3n) is 13.1. The number of allylic oxidation sites excluding steroid dienone is 8. The number of aliphatic hydroxyl groups excluding tert-OH is 1. The van der Waals surface area contributed by atoms with E-state index in [-0.39, 0.29) is 42.7 Å². The molecule has 0 spiro atoms. The molecule has 5 aliphatic rings. The maximum absolute atomic E-state index is 11.8. The summed E-state index contributed by atoms with van der Waals surface area (Å²) in [6.45, 7) is 16.5. The second kappa shape index (κ2) is 17.6. The van der Waals surface area contributed by atoms with E-state index in [4.69, 9.17) is 35.3 Å². The normalized spacial score (nSPS) is 41.9. The molecule has 54 heavy (non-hydrogen) atoms. The molecule has 5 saturated heterocycles. The molecule has 0 aliphatic carbocycles. The molecule has 0 bridgehead atoms. The first kappa shape index (κ1) is 41.6. The van der Waals surface area contributed by atoms with Crippen LogP contribution >= 0.6 is 11.6 Å². The van der Waals surface area contributed by atoms with Gasteiger partial charge in [0.05, 0.1) is 65.6 Å². The molecule has 13 atom stereocenters. The van der Waals surface area contributed by atoms with Gasteiger partial charge in [-0.15, -0.1) is 0 Å². The summed E-state index contributed by atoms with van der Waals surface area (Å²) in [4.78, 5) is 0. The SMILES string of the molecule is C=C/C=C\CCC1OC2CCC3(C)OC4C(O)CC5(C)OC(CC/C=C(C)/C(C)=C/C=C\c6ccc(Cl)cc6)C(C)CC5OC4CC3OC2CCC1(C)O. The average Bonchev–Trinajstić information content (AvgIpc) is 3.38. The van der Waals surface area contributed by atoms with Crippen molar-refractivity contribution in [3.05, 3.63) is 89.0 Å². The standard InChI is InChI=1S/C46H65ClO7/c1-8-9-10-11-18-40-44(5,49)25-23-37-38(50-40)24-26-45(6)42(51-37)28-39-43(54-45)35(48)29-46(7)41(52-39)27-32(4)36(53-46)17-13-15-31(3)30(2)14-12-16-33-19-21-34(47)22-20-33/h8-10,12,14-16,19-22,32,35-43,48-49H,1,11,13,17-18,23-29H2,2-7H3/b10-9-,16-12-,30-14+,31-15+. The fraction of sp³-hybridized carbons (Fsp3) is 0.652. The van der Waals surface area contributed by atoms with Gasteiger partial charge in [-0.2, -0.15) is 0 Å². The van der Waals surface area contributed by atoms with E-state index < -0.39 is 29.0 Å². The monoisotopic (exact) mass is 764 g/mol. The maximum Gasteiger partial charge on any atom is 0.111 e. The number of aliphatic hydroxyl groups is 2. The van der Waals surface area contributed by atoms with E-state index >= 15 is 0 Å². The van der Waals surface area contributed by atoms with Crippen LogP contribution in [-0.2, 0) is 23.7 Å². The van der Waals surface area contributed by atoms with Gasteiger partial charge in [0.15, 0.2) is 0 Å². The molecule has 298 valence electrons. The number of rotatable bonds is 10. The minimum Gasteiger partial charge on any atom is -0.390 e. The highest BCUT2D eigenvalue weighted by molar-refractivity contribution is 6.30. The van der Waals surface area contributed by atoms with E-state index in [1.54, 1.807) is 6.08 Å². The Hall–Kier alpha value is -2.07. The second-order valence-electron chi connectivity index (χ2n) is 17.5. The van der Waals surface area contributed by atoms with Crippen molar-refractivity contribution in [3.63, 3.8) is 0 Å². The van der Waals surface area contributed by atoms with E-state index in [9.17, 15) is 10.2 Å². The number of hydrogen-bond donors (Lipinski definition) is 2. The first-order valence-corrected chi connectivity index (χ1v) is 20.8. The van der Waals surface area contributed by atoms with Gasteiger partial charge >= 0.3 is 0 Å². The Kier molecular flexibility index (Phi) is 13.5. The van der Waals surface area contributed by atoms with Crippen LogP contribution in [0.25, 0.3) is 6.08 Å². The average molecular weight is 765 g/mol. The third-order valence-corrected chi connectivity index (χ3v) is 13.3. The number of benzene rings is 1. The summed E-state index contributed by atoms with van der Waals surface area (Å²) in [5.41, 5.74) is 1.48. The van der Waals surface area contributed by atoms with Crippen molar-refractivity contribution in [3.8, 4) is 0 Å². The van der Waals surface area contributed by atoms with E-state index in [2.05, 4.69) is 71.6 Å². The number of fused-ring (bicyclic) bond motifs is 4. The maximum atomic E-state index is 11.8. The van der Waals surface area contributed by atoms with Crippen molar-refractivity contribution in [2.75, 3.05) is 0 Å². The van der Waals surface area contributed by atoms with Crippen LogP contribution in [0, 0.1) is 5.92 Å². The zero-order chi connectivity index (χ0) is 38.7. The summed E-state index contributed by atoms with van der Waals surface area (Å²) in [6.07, 6.45) is 20.3. The van der Waals surface area contributed by atoms with Gasteiger partial charge in [-0.05, 0) is 122 Å². The lowest BCUT2D eigenvalue weighted by Crippen LogP contribution is -2.59. The minimum absolute atomic E-state index is 0.0689. The number of ether oxygens (including phenoxy) is 5. The molecule has 6 rings (SSSR count). The Morgan fingerprint density at radius 2 is 1.57 bits per heavy atom. The van der Waals surface area contributed by atoms with Crippen LogP contribution in [-0.4, -0.2) is 82.0 Å². The van der Waals surface area contributed by atoms with Crippen molar-refractivity contribution in [1.82, 2.24) is 0 Å². The molecule has 1 aromatic rings. The molecular weight excluding hydrogens is 700 g/mol. The Morgan fingerprint density at radius 3 is 2.33 bits per heavy atom. The summed E-state index contributed by atoms with van der Waals surface area (Å²) < 4.78 is 34.5. The zero-order valence-corrected chi connectivity index (χ0v) is 34.2. The molecule has 0 radical (unpaired) electrons. The lowest BCUT2D eigenvalue weighted by molar-refractivity contribution is -0.273. The summed E-state index contributed by atoms with van der Waals surface area (Å²) in [5, 5.41) is 24.0. The van der Waals surface area contributed by atoms with Gasteiger partial charge in [0.1, 0.15) is 6.10 Å². The topological polar surface area (TPSA) is 86.6 Å². The van der Waals surface area contributed by atoms with Crippen LogP contribution in [0.15, 0.2) is 78.4 Å². The summed E-state index contributed by atoms with van der Waals surface area (Å²) >= 11 is 6.02. The Labute approximate surface area is 329 Å². The molecule has 0 aromatic heterocycles. The highest BCUT2D eigenvalue weighted by Gasteiger charge is 2.58. The van der Waals surface area contributed by atoms with Gasteiger partial charge in [-0.25, -0.2) is 0 Å². The van der Waals surface area contributed by atoms with Crippen LogP contribution < -0.4 is 0 Å². The zero-order valence-electron chi connectivity index (χ0n) is 33.4. The van der Waals surface area contributed by atoms with E-state index in [1.165, 1.54) is 11.1 Å². The minimum atomic E-state index is -0.925. The molecular formula is C46H65ClO7. The molecule has 7 nitrogen and oxygen atoms in total. The van der Waals surface area contributed by atoms with Crippen molar-refractivity contribution in [1.29, 1.82) is 0 Å².